The lowest BCUT2D eigenvalue weighted by Gasteiger charge is -2.45. The Morgan fingerprint density at radius 3 is 2.89 bits per heavy atom. The van der Waals surface area contributed by atoms with Gasteiger partial charge in [-0.2, -0.15) is 0 Å². The summed E-state index contributed by atoms with van der Waals surface area (Å²) in [7, 11) is 0. The van der Waals surface area contributed by atoms with E-state index in [9.17, 15) is 5.11 Å². The first kappa shape index (κ1) is 12.9. The molecule has 2 aliphatic heterocycles. The molecule has 1 saturated heterocycles. The molecule has 19 heavy (non-hydrogen) atoms. The van der Waals surface area contributed by atoms with Crippen LogP contribution in [0.15, 0.2) is 24.3 Å². The minimum atomic E-state index is -0.709. The van der Waals surface area contributed by atoms with Gasteiger partial charge in [-0.15, -0.1) is 0 Å². The lowest BCUT2D eigenvalue weighted by atomic mass is 9.96. The van der Waals surface area contributed by atoms with E-state index >= 15 is 0 Å². The summed E-state index contributed by atoms with van der Waals surface area (Å²) >= 11 is 0. The summed E-state index contributed by atoms with van der Waals surface area (Å²) in [5, 5.41) is 9.90. The summed E-state index contributed by atoms with van der Waals surface area (Å²) < 4.78 is 11.3. The molecule has 0 spiro atoms. The monoisotopic (exact) mass is 263 g/mol. The molecule has 0 radical (unpaired) electrons. The molecule has 1 aromatic rings. The fourth-order valence-corrected chi connectivity index (χ4v) is 3.14. The van der Waals surface area contributed by atoms with E-state index in [1.165, 1.54) is 5.56 Å². The fourth-order valence-electron chi connectivity index (χ4n) is 3.14. The summed E-state index contributed by atoms with van der Waals surface area (Å²) in [6, 6.07) is 8.49. The van der Waals surface area contributed by atoms with Gasteiger partial charge in [0.25, 0.3) is 0 Å². The number of aliphatic hydroxyl groups is 1. The summed E-state index contributed by atoms with van der Waals surface area (Å²) in [6.45, 7) is 6.16. The van der Waals surface area contributed by atoms with Crippen LogP contribution in [-0.4, -0.2) is 41.6 Å². The van der Waals surface area contributed by atoms with Crippen LogP contribution in [0.25, 0.3) is 0 Å². The fraction of sp³-hybridized carbons (Fsp3) is 0.600. The van der Waals surface area contributed by atoms with Crippen molar-refractivity contribution >= 4 is 0 Å². The second kappa shape index (κ2) is 4.78. The average Bonchev–Trinajstić information content (AvgIpc) is 2.35. The van der Waals surface area contributed by atoms with Crippen LogP contribution >= 0.6 is 0 Å². The van der Waals surface area contributed by atoms with E-state index in [1.54, 1.807) is 0 Å². The predicted molar refractivity (Wildman–Crippen MR) is 72.0 cm³/mol. The number of para-hydroxylation sites is 1. The molecule has 1 aromatic carbocycles. The molecule has 0 bridgehead atoms. The third-order valence-electron chi connectivity index (χ3n) is 3.80. The van der Waals surface area contributed by atoms with Gasteiger partial charge in [0.1, 0.15) is 5.75 Å². The number of benzene rings is 1. The van der Waals surface area contributed by atoms with Crippen molar-refractivity contribution in [2.75, 3.05) is 19.7 Å². The number of fused-ring (bicyclic) bond motifs is 1. The molecule has 2 heterocycles. The number of nitrogens with zero attached hydrogens (tertiary/aromatic N) is 1. The van der Waals surface area contributed by atoms with E-state index in [2.05, 4.69) is 11.0 Å². The first-order chi connectivity index (χ1) is 9.05. The summed E-state index contributed by atoms with van der Waals surface area (Å²) in [5.41, 5.74) is 0.906. The molecule has 4 nitrogen and oxygen atoms in total. The van der Waals surface area contributed by atoms with Crippen LogP contribution in [0, 0.1) is 0 Å². The van der Waals surface area contributed by atoms with E-state index in [0.717, 1.165) is 25.3 Å². The Hall–Kier alpha value is -1.10. The average molecular weight is 263 g/mol. The van der Waals surface area contributed by atoms with E-state index < -0.39 is 6.29 Å². The van der Waals surface area contributed by atoms with Crippen molar-refractivity contribution < 1.29 is 14.6 Å². The third-order valence-corrected chi connectivity index (χ3v) is 3.80. The zero-order valence-corrected chi connectivity index (χ0v) is 11.5. The van der Waals surface area contributed by atoms with Crippen molar-refractivity contribution in [2.24, 2.45) is 0 Å². The van der Waals surface area contributed by atoms with Gasteiger partial charge in [0.15, 0.2) is 6.29 Å². The standard InChI is InChI=1S/C15H21NO3/c1-15(2)10-16(9-14(17)19-15)12-7-8-18-13-6-4-3-5-11(12)13/h3-6,12,14,17H,7-10H2,1-2H3/t12-,14?/m0/s1. The summed E-state index contributed by atoms with van der Waals surface area (Å²) in [4.78, 5) is 2.32. The molecular weight excluding hydrogens is 242 g/mol. The van der Waals surface area contributed by atoms with Crippen molar-refractivity contribution in [1.29, 1.82) is 0 Å². The predicted octanol–water partition coefficient (Wildman–Crippen LogP) is 1.94. The van der Waals surface area contributed by atoms with Gasteiger partial charge in [0.2, 0.25) is 0 Å². The Kier molecular flexibility index (Phi) is 3.25. The zero-order chi connectivity index (χ0) is 13.5. The molecule has 0 aromatic heterocycles. The van der Waals surface area contributed by atoms with Gasteiger partial charge in [-0.25, -0.2) is 0 Å². The van der Waals surface area contributed by atoms with Crippen LogP contribution in [0.5, 0.6) is 5.75 Å². The first-order valence-electron chi connectivity index (χ1n) is 6.87. The topological polar surface area (TPSA) is 41.9 Å². The Labute approximate surface area is 113 Å². The molecular formula is C15H21NO3. The van der Waals surface area contributed by atoms with E-state index in [0.29, 0.717) is 12.6 Å². The maximum atomic E-state index is 9.90. The normalized spacial score (nSPS) is 30.5. The molecule has 1 fully saturated rings. The molecule has 2 aliphatic rings. The van der Waals surface area contributed by atoms with Crippen LogP contribution in [0.3, 0.4) is 0 Å². The molecule has 0 aliphatic carbocycles. The van der Waals surface area contributed by atoms with Crippen LogP contribution < -0.4 is 4.74 Å². The van der Waals surface area contributed by atoms with Crippen molar-refractivity contribution in [3.8, 4) is 5.75 Å². The van der Waals surface area contributed by atoms with Gasteiger partial charge in [-0.3, -0.25) is 4.90 Å². The highest BCUT2D eigenvalue weighted by Gasteiger charge is 2.37. The van der Waals surface area contributed by atoms with Gasteiger partial charge < -0.3 is 14.6 Å². The largest absolute Gasteiger partial charge is 0.493 e. The van der Waals surface area contributed by atoms with Crippen molar-refractivity contribution in [1.82, 2.24) is 4.90 Å². The van der Waals surface area contributed by atoms with Gasteiger partial charge in [-0.1, -0.05) is 18.2 Å². The maximum absolute atomic E-state index is 9.90. The quantitative estimate of drug-likeness (QED) is 0.841. The van der Waals surface area contributed by atoms with Crippen LogP contribution in [0.4, 0.5) is 0 Å². The number of hydrogen-bond acceptors (Lipinski definition) is 4. The van der Waals surface area contributed by atoms with Crippen molar-refractivity contribution in [3.63, 3.8) is 0 Å². The minimum absolute atomic E-state index is 0.308. The Morgan fingerprint density at radius 2 is 2.11 bits per heavy atom. The number of aliphatic hydroxyl groups excluding tert-OH is 1. The highest BCUT2D eigenvalue weighted by molar-refractivity contribution is 5.37. The Balaban J connectivity index is 1.87. The van der Waals surface area contributed by atoms with Crippen LogP contribution in [-0.2, 0) is 4.74 Å². The van der Waals surface area contributed by atoms with E-state index in [4.69, 9.17) is 9.47 Å². The maximum Gasteiger partial charge on any atom is 0.168 e. The van der Waals surface area contributed by atoms with Gasteiger partial charge in [0, 0.05) is 24.6 Å². The number of hydrogen-bond donors (Lipinski definition) is 1. The van der Waals surface area contributed by atoms with Crippen LogP contribution in [0.1, 0.15) is 31.9 Å². The van der Waals surface area contributed by atoms with Gasteiger partial charge >= 0.3 is 0 Å². The molecule has 4 heteroatoms. The van der Waals surface area contributed by atoms with Crippen molar-refractivity contribution in [3.05, 3.63) is 29.8 Å². The lowest BCUT2D eigenvalue weighted by Crippen LogP contribution is -2.54. The smallest absolute Gasteiger partial charge is 0.168 e. The number of rotatable bonds is 1. The summed E-state index contributed by atoms with van der Waals surface area (Å²) in [6.07, 6.45) is 0.249. The molecule has 0 saturated carbocycles. The van der Waals surface area contributed by atoms with Crippen molar-refractivity contribution in [2.45, 2.75) is 38.2 Å². The highest BCUT2D eigenvalue weighted by atomic mass is 16.6. The van der Waals surface area contributed by atoms with Gasteiger partial charge in [0.05, 0.1) is 18.8 Å². The molecule has 1 N–H and O–H groups in total. The molecule has 0 amide bonds. The molecule has 2 atom stereocenters. The molecule has 3 rings (SSSR count). The zero-order valence-electron chi connectivity index (χ0n) is 11.5. The van der Waals surface area contributed by atoms with Crippen LogP contribution in [0.2, 0.25) is 0 Å². The number of β-amino-alcohol motifs (C(OH)–C–C–N with tert-alkyl or cyclic N) is 1. The molecule has 1 unspecified atom stereocenters. The first-order valence-corrected chi connectivity index (χ1v) is 6.87. The number of morpholine rings is 1. The Bertz CT molecular complexity index is 460. The highest BCUT2D eigenvalue weighted by Crippen LogP contribution is 2.38. The second-order valence-electron chi connectivity index (χ2n) is 5.95. The van der Waals surface area contributed by atoms with E-state index in [1.807, 2.05) is 32.0 Å². The summed E-state index contributed by atoms with van der Waals surface area (Å²) in [5.74, 6) is 0.970. The minimum Gasteiger partial charge on any atom is -0.493 e. The second-order valence-corrected chi connectivity index (χ2v) is 5.95. The lowest BCUT2D eigenvalue weighted by molar-refractivity contribution is -0.225. The molecule has 104 valence electrons. The van der Waals surface area contributed by atoms with Gasteiger partial charge in [-0.05, 0) is 19.9 Å². The SMILES string of the molecule is CC1(C)CN([C@H]2CCOc3ccccc32)CC(O)O1. The number of ether oxygens (including phenoxy) is 2. The van der Waals surface area contributed by atoms with E-state index in [-0.39, 0.29) is 5.60 Å². The Morgan fingerprint density at radius 1 is 1.32 bits per heavy atom. The third kappa shape index (κ3) is 2.61.